The lowest BCUT2D eigenvalue weighted by atomic mass is 10.00. The molecule has 226 valence electrons. The number of hydrogen-bond acceptors (Lipinski definition) is 3. The van der Waals surface area contributed by atoms with Crippen LogP contribution in [0.1, 0.15) is 176 Å². The zero-order chi connectivity index (χ0) is 28.8. The van der Waals surface area contributed by atoms with Gasteiger partial charge in [0, 0.05) is 23.9 Å². The molecule has 0 aliphatic rings. The lowest BCUT2D eigenvalue weighted by Gasteiger charge is -2.11. The van der Waals surface area contributed by atoms with Crippen molar-refractivity contribution in [2.45, 2.75) is 162 Å². The first-order valence-electron chi connectivity index (χ1n) is 17.0. The van der Waals surface area contributed by atoms with Gasteiger partial charge in [-0.05, 0) is 25.8 Å². The van der Waals surface area contributed by atoms with E-state index < -0.39 is 0 Å². The molecule has 0 spiro atoms. The first-order chi connectivity index (χ1) is 19.7. The summed E-state index contributed by atoms with van der Waals surface area (Å²) in [5.74, 6) is -0.286. The Kier molecular flexibility index (Phi) is 18.4. The minimum Gasteiger partial charge on any atom is -0.461 e. The second kappa shape index (κ2) is 21.6. The highest BCUT2D eigenvalue weighted by Crippen LogP contribution is 2.30. The lowest BCUT2D eigenvalue weighted by molar-refractivity contribution is 0.0510. The largest absolute Gasteiger partial charge is 0.461 e. The van der Waals surface area contributed by atoms with Gasteiger partial charge in [-0.2, -0.15) is 0 Å². The molecule has 4 heteroatoms. The van der Waals surface area contributed by atoms with E-state index in [4.69, 9.17) is 4.74 Å². The predicted molar refractivity (Wildman–Crippen MR) is 171 cm³/mol. The van der Waals surface area contributed by atoms with E-state index in [-0.39, 0.29) is 11.8 Å². The van der Waals surface area contributed by atoms with Crippen LogP contribution in [0.4, 0.5) is 0 Å². The number of carbonyl (C=O) groups excluding carboxylic acids is 2. The third-order valence-corrected chi connectivity index (χ3v) is 8.21. The summed E-state index contributed by atoms with van der Waals surface area (Å²) in [6.07, 6.45) is 25.9. The summed E-state index contributed by atoms with van der Waals surface area (Å²) in [7, 11) is 0. The molecule has 0 atom stereocenters. The van der Waals surface area contributed by atoms with E-state index in [2.05, 4.69) is 18.4 Å². The van der Waals surface area contributed by atoms with Crippen LogP contribution in [-0.2, 0) is 11.3 Å². The van der Waals surface area contributed by atoms with Crippen molar-refractivity contribution in [1.82, 2.24) is 4.57 Å². The van der Waals surface area contributed by atoms with Gasteiger partial charge in [-0.1, -0.05) is 148 Å². The topological polar surface area (TPSA) is 48.3 Å². The molecule has 1 aromatic carbocycles. The van der Waals surface area contributed by atoms with E-state index in [1.165, 1.54) is 103 Å². The fraction of sp³-hybridized carbons (Fsp3) is 0.722. The Balaban J connectivity index is 1.81. The number of esters is 1. The summed E-state index contributed by atoms with van der Waals surface area (Å²) in [5, 5.41) is 0.894. The number of carbonyl (C=O) groups is 2. The van der Waals surface area contributed by atoms with Crippen LogP contribution in [0.3, 0.4) is 0 Å². The molecular formula is C36H59NO3. The van der Waals surface area contributed by atoms with Gasteiger partial charge in [-0.3, -0.25) is 4.79 Å². The summed E-state index contributed by atoms with van der Waals surface area (Å²) in [6.45, 7) is 7.37. The maximum Gasteiger partial charge on any atom is 0.355 e. The van der Waals surface area contributed by atoms with Gasteiger partial charge in [-0.25, -0.2) is 4.79 Å². The van der Waals surface area contributed by atoms with E-state index >= 15 is 0 Å². The molecule has 2 rings (SSSR count). The zero-order valence-electron chi connectivity index (χ0n) is 26.2. The number of unbranched alkanes of at least 4 members (excludes halogenated alkanes) is 18. The van der Waals surface area contributed by atoms with E-state index in [1.54, 1.807) is 0 Å². The molecule has 0 saturated heterocycles. The minimum absolute atomic E-state index is 0.0821. The third kappa shape index (κ3) is 12.2. The van der Waals surface area contributed by atoms with Gasteiger partial charge in [0.2, 0.25) is 0 Å². The maximum absolute atomic E-state index is 13.5. The molecule has 0 unspecified atom stereocenters. The summed E-state index contributed by atoms with van der Waals surface area (Å²) in [6, 6.07) is 7.99. The van der Waals surface area contributed by atoms with Gasteiger partial charge in [0.25, 0.3) is 0 Å². The minimum atomic E-state index is -0.368. The third-order valence-electron chi connectivity index (χ3n) is 8.21. The molecule has 0 saturated carbocycles. The van der Waals surface area contributed by atoms with Crippen LogP contribution < -0.4 is 0 Å². The number of aryl methyl sites for hydroxylation is 1. The Hall–Kier alpha value is -2.10. The number of fused-ring (bicyclic) bond motifs is 1. The lowest BCUT2D eigenvalue weighted by Crippen LogP contribution is -2.16. The Morgan fingerprint density at radius 1 is 0.625 bits per heavy atom. The van der Waals surface area contributed by atoms with Gasteiger partial charge in [0.15, 0.2) is 5.78 Å². The maximum atomic E-state index is 13.5. The van der Waals surface area contributed by atoms with Crippen molar-refractivity contribution < 1.29 is 14.3 Å². The second-order valence-electron chi connectivity index (χ2n) is 11.7. The highest BCUT2D eigenvalue weighted by atomic mass is 16.5. The van der Waals surface area contributed by atoms with Gasteiger partial charge in [-0.15, -0.1) is 0 Å². The van der Waals surface area contributed by atoms with Crippen LogP contribution in [0.2, 0.25) is 0 Å². The molecule has 0 aliphatic carbocycles. The Morgan fingerprint density at radius 2 is 1.10 bits per heavy atom. The number of hydrogen-bond donors (Lipinski definition) is 0. The number of ether oxygens (including phenoxy) is 1. The van der Waals surface area contributed by atoms with Crippen molar-refractivity contribution in [3.63, 3.8) is 0 Å². The van der Waals surface area contributed by atoms with Gasteiger partial charge < -0.3 is 9.30 Å². The number of benzene rings is 1. The Labute approximate surface area is 245 Å². The molecule has 0 aliphatic heterocycles. The summed E-state index contributed by atoms with van der Waals surface area (Å²) in [4.78, 5) is 26.6. The van der Waals surface area contributed by atoms with E-state index in [0.717, 1.165) is 43.1 Å². The monoisotopic (exact) mass is 553 g/mol. The van der Waals surface area contributed by atoms with E-state index in [1.807, 2.05) is 31.2 Å². The first-order valence-corrected chi connectivity index (χ1v) is 17.0. The molecule has 4 nitrogen and oxygen atoms in total. The molecule has 0 fully saturated rings. The van der Waals surface area contributed by atoms with Gasteiger partial charge in [0.05, 0.1) is 12.2 Å². The van der Waals surface area contributed by atoms with Crippen LogP contribution in [0, 0.1) is 0 Å². The highest BCUT2D eigenvalue weighted by molar-refractivity contribution is 6.15. The predicted octanol–water partition coefficient (Wildman–Crippen LogP) is 11.2. The summed E-state index contributed by atoms with van der Waals surface area (Å²) >= 11 is 0. The van der Waals surface area contributed by atoms with Crippen molar-refractivity contribution in [2.75, 3.05) is 6.61 Å². The Morgan fingerprint density at radius 3 is 1.62 bits per heavy atom. The normalized spacial score (nSPS) is 11.4. The molecule has 1 heterocycles. The average Bonchev–Trinajstić information content (AvgIpc) is 3.29. The van der Waals surface area contributed by atoms with Crippen molar-refractivity contribution >= 4 is 22.7 Å². The summed E-state index contributed by atoms with van der Waals surface area (Å²) < 4.78 is 7.51. The number of ketones is 1. The molecule has 0 amide bonds. The molecular weight excluding hydrogens is 494 g/mol. The molecule has 1 aromatic heterocycles. The van der Waals surface area contributed by atoms with Gasteiger partial charge >= 0.3 is 5.97 Å². The highest BCUT2D eigenvalue weighted by Gasteiger charge is 2.27. The van der Waals surface area contributed by atoms with Crippen LogP contribution >= 0.6 is 0 Å². The van der Waals surface area contributed by atoms with Crippen molar-refractivity contribution in [2.24, 2.45) is 0 Å². The van der Waals surface area contributed by atoms with Crippen LogP contribution in [0.25, 0.3) is 10.9 Å². The average molecular weight is 554 g/mol. The van der Waals surface area contributed by atoms with Crippen LogP contribution in [0.5, 0.6) is 0 Å². The molecule has 0 bridgehead atoms. The van der Waals surface area contributed by atoms with Crippen LogP contribution in [0.15, 0.2) is 24.3 Å². The standard InChI is InChI=1S/C36H59NO3/c1-4-7-9-11-12-13-14-15-16-17-18-19-20-21-23-29-33(38)34-31-27-24-25-28-32(31)37(30-26-22-10-8-5-2)35(34)36(39)40-6-3/h24-25,27-28H,4-23,26,29-30H2,1-3H3. The van der Waals surface area contributed by atoms with Crippen molar-refractivity contribution in [3.8, 4) is 0 Å². The first kappa shape index (κ1) is 34.1. The SMILES string of the molecule is CCCCCCCCCCCCCCCCCC(=O)c1c(C(=O)OCC)n(CCCCCCC)c2ccccc12. The number of rotatable bonds is 25. The van der Waals surface area contributed by atoms with Crippen LogP contribution in [-0.4, -0.2) is 22.9 Å². The molecule has 0 radical (unpaired) electrons. The van der Waals surface area contributed by atoms with E-state index in [0.29, 0.717) is 24.3 Å². The summed E-state index contributed by atoms with van der Waals surface area (Å²) in [5.41, 5.74) is 2.01. The van der Waals surface area contributed by atoms with E-state index in [9.17, 15) is 9.59 Å². The van der Waals surface area contributed by atoms with Crippen molar-refractivity contribution in [3.05, 3.63) is 35.5 Å². The molecule has 2 aromatic rings. The smallest absolute Gasteiger partial charge is 0.355 e. The Bertz CT molecular complexity index is 960. The molecule has 40 heavy (non-hydrogen) atoms. The number of para-hydroxylation sites is 1. The quantitative estimate of drug-likeness (QED) is 0.0698. The fourth-order valence-corrected chi connectivity index (χ4v) is 5.88. The van der Waals surface area contributed by atoms with Crippen molar-refractivity contribution in [1.29, 1.82) is 0 Å². The zero-order valence-corrected chi connectivity index (χ0v) is 26.2. The number of aromatic nitrogens is 1. The second-order valence-corrected chi connectivity index (χ2v) is 11.7. The fourth-order valence-electron chi connectivity index (χ4n) is 5.88. The molecule has 0 N–H and O–H groups in total. The number of Topliss-reactive ketones (excluding diaryl/α,β-unsaturated/α-hetero) is 1. The van der Waals surface area contributed by atoms with Gasteiger partial charge in [0.1, 0.15) is 5.69 Å². The number of nitrogens with zero attached hydrogens (tertiary/aromatic N) is 1.